The number of rotatable bonds is 16. The van der Waals surface area contributed by atoms with Gasteiger partial charge in [-0.25, -0.2) is 0 Å². The maximum atomic E-state index is 11.9. The van der Waals surface area contributed by atoms with Crippen molar-refractivity contribution >= 4 is 35.5 Å². The smallest absolute Gasteiger partial charge is 0.320 e. The lowest BCUT2D eigenvalue weighted by Gasteiger charge is -2.24. The van der Waals surface area contributed by atoms with Crippen LogP contribution in [-0.4, -0.2) is 126 Å². The average molecular weight is 412 g/mol. The highest BCUT2D eigenvalue weighted by atomic mass is 35.5. The minimum Gasteiger partial charge on any atom is -0.480 e. The summed E-state index contributed by atoms with van der Waals surface area (Å²) in [5.41, 5.74) is 0. The zero-order valence-corrected chi connectivity index (χ0v) is 15.9. The van der Waals surface area contributed by atoms with Gasteiger partial charge in [-0.15, -0.1) is 11.6 Å². The number of hydrogen-bond acceptors (Lipinski definition) is 8. The number of aliphatic carboxylic acids is 3. The molecule has 0 aromatic heterocycles. The third kappa shape index (κ3) is 14.9. The highest BCUT2D eigenvalue weighted by Gasteiger charge is 2.19. The van der Waals surface area contributed by atoms with Crippen LogP contribution in [0.1, 0.15) is 0 Å². The number of hydrogen-bond donors (Lipinski definition) is 3. The summed E-state index contributed by atoms with van der Waals surface area (Å²) in [4.78, 5) is 48.6. The van der Waals surface area contributed by atoms with Crippen molar-refractivity contribution in [3.05, 3.63) is 0 Å². The summed E-state index contributed by atoms with van der Waals surface area (Å²) < 4.78 is 5.05. The number of carboxylic acid groups (broad SMARTS) is 3. The highest BCUT2D eigenvalue weighted by molar-refractivity contribution is 6.18. The quantitative estimate of drug-likeness (QED) is 0.202. The van der Waals surface area contributed by atoms with E-state index in [0.29, 0.717) is 19.0 Å². The molecule has 0 aliphatic rings. The minimum absolute atomic E-state index is 0.00584. The summed E-state index contributed by atoms with van der Waals surface area (Å²) >= 11 is 5.59. The van der Waals surface area contributed by atoms with Crippen LogP contribution in [0.15, 0.2) is 0 Å². The lowest BCUT2D eigenvalue weighted by atomic mass is 10.4. The Morgan fingerprint density at radius 1 is 0.778 bits per heavy atom. The Labute approximate surface area is 162 Å². The monoisotopic (exact) mass is 411 g/mol. The van der Waals surface area contributed by atoms with Gasteiger partial charge >= 0.3 is 23.9 Å². The summed E-state index contributed by atoms with van der Waals surface area (Å²) in [6, 6.07) is 0. The Balaban J connectivity index is 4.54. The maximum Gasteiger partial charge on any atom is 0.320 e. The fourth-order valence-electron chi connectivity index (χ4n) is 2.08. The van der Waals surface area contributed by atoms with E-state index in [0.717, 1.165) is 4.90 Å². The zero-order chi connectivity index (χ0) is 20.8. The SMILES string of the molecule is CN(CCCl)CCOC(=O)CN(CCN(CC(=O)O)CC(=O)O)CC(=O)O. The summed E-state index contributed by atoms with van der Waals surface area (Å²) in [5.74, 6) is -3.77. The van der Waals surface area contributed by atoms with Crippen molar-refractivity contribution in [3.63, 3.8) is 0 Å². The number of ether oxygens (including phenoxy) is 1. The molecule has 0 saturated heterocycles. The molecule has 0 radical (unpaired) electrons. The van der Waals surface area contributed by atoms with Gasteiger partial charge in [-0.3, -0.25) is 29.0 Å². The Bertz CT molecular complexity index is 489. The lowest BCUT2D eigenvalue weighted by Crippen LogP contribution is -2.43. The molecule has 3 N–H and O–H groups in total. The highest BCUT2D eigenvalue weighted by Crippen LogP contribution is 1.96. The van der Waals surface area contributed by atoms with Crippen LogP contribution in [0.5, 0.6) is 0 Å². The van der Waals surface area contributed by atoms with E-state index >= 15 is 0 Å². The molecule has 0 atom stereocenters. The van der Waals surface area contributed by atoms with Gasteiger partial charge in [0.15, 0.2) is 0 Å². The number of nitrogens with zero attached hydrogens (tertiary/aromatic N) is 3. The molecule has 0 aliphatic carbocycles. The van der Waals surface area contributed by atoms with E-state index in [1.54, 1.807) is 0 Å². The summed E-state index contributed by atoms with van der Waals surface area (Å²) in [7, 11) is 1.81. The second-order valence-electron chi connectivity index (χ2n) is 5.82. The third-order valence-corrected chi connectivity index (χ3v) is 3.53. The molecule has 0 aromatic carbocycles. The van der Waals surface area contributed by atoms with Gasteiger partial charge in [0, 0.05) is 32.1 Å². The predicted molar refractivity (Wildman–Crippen MR) is 95.0 cm³/mol. The summed E-state index contributed by atoms with van der Waals surface area (Å²) in [5, 5.41) is 26.6. The molecule has 0 bridgehead atoms. The van der Waals surface area contributed by atoms with Gasteiger partial charge in [0.05, 0.1) is 26.2 Å². The Morgan fingerprint density at radius 3 is 1.63 bits per heavy atom. The van der Waals surface area contributed by atoms with Crippen molar-refractivity contribution in [3.8, 4) is 0 Å². The van der Waals surface area contributed by atoms with Gasteiger partial charge in [0.1, 0.15) is 6.61 Å². The van der Waals surface area contributed by atoms with E-state index in [-0.39, 0.29) is 26.2 Å². The first-order valence-electron chi connectivity index (χ1n) is 8.14. The number of esters is 1. The second kappa shape index (κ2) is 14.2. The molecule has 27 heavy (non-hydrogen) atoms. The fourth-order valence-corrected chi connectivity index (χ4v) is 2.37. The molecule has 0 aliphatic heterocycles. The zero-order valence-electron chi connectivity index (χ0n) is 15.2. The third-order valence-electron chi connectivity index (χ3n) is 3.36. The summed E-state index contributed by atoms with van der Waals surface area (Å²) in [6.07, 6.45) is 0. The van der Waals surface area contributed by atoms with Crippen molar-refractivity contribution in [2.45, 2.75) is 0 Å². The van der Waals surface area contributed by atoms with Gasteiger partial charge in [0.25, 0.3) is 0 Å². The topological polar surface area (TPSA) is 148 Å². The molecule has 0 amide bonds. The van der Waals surface area contributed by atoms with E-state index < -0.39 is 43.5 Å². The van der Waals surface area contributed by atoms with Crippen LogP contribution in [0, 0.1) is 0 Å². The lowest BCUT2D eigenvalue weighted by molar-refractivity contribution is -0.148. The second-order valence-corrected chi connectivity index (χ2v) is 6.19. The van der Waals surface area contributed by atoms with Crippen molar-refractivity contribution in [1.82, 2.24) is 14.7 Å². The Kier molecular flexibility index (Phi) is 13.1. The van der Waals surface area contributed by atoms with Gasteiger partial charge in [0.2, 0.25) is 0 Å². The van der Waals surface area contributed by atoms with Crippen molar-refractivity contribution in [2.75, 3.05) is 71.9 Å². The van der Waals surface area contributed by atoms with Crippen LogP contribution in [0.3, 0.4) is 0 Å². The van der Waals surface area contributed by atoms with Crippen LogP contribution in [-0.2, 0) is 23.9 Å². The molecule has 0 rings (SSSR count). The van der Waals surface area contributed by atoms with Gasteiger partial charge < -0.3 is 25.0 Å². The van der Waals surface area contributed by atoms with Gasteiger partial charge in [-0.05, 0) is 7.05 Å². The Hall–Kier alpha value is -1.95. The van der Waals surface area contributed by atoms with Crippen molar-refractivity contribution < 1.29 is 39.2 Å². The molecule has 0 saturated carbocycles. The first kappa shape index (κ1) is 25.1. The molecule has 11 nitrogen and oxygen atoms in total. The maximum absolute atomic E-state index is 11.9. The number of alkyl halides is 1. The number of halogens is 1. The normalized spacial score (nSPS) is 11.1. The van der Waals surface area contributed by atoms with Gasteiger partial charge in [-0.2, -0.15) is 0 Å². The van der Waals surface area contributed by atoms with E-state index in [1.165, 1.54) is 4.90 Å². The van der Waals surface area contributed by atoms with E-state index in [1.807, 2.05) is 11.9 Å². The number of carbonyl (C=O) groups is 4. The molecule has 0 heterocycles. The molecule has 0 aromatic rings. The van der Waals surface area contributed by atoms with E-state index in [4.69, 9.17) is 31.7 Å². The molecule has 12 heteroatoms. The largest absolute Gasteiger partial charge is 0.480 e. The molecule has 0 spiro atoms. The first-order chi connectivity index (χ1) is 12.6. The fraction of sp³-hybridized carbons (Fsp3) is 0.733. The van der Waals surface area contributed by atoms with E-state index in [2.05, 4.69) is 0 Å². The average Bonchev–Trinajstić information content (AvgIpc) is 2.51. The molecular weight excluding hydrogens is 386 g/mol. The molecular formula is C15H26ClN3O8. The predicted octanol–water partition coefficient (Wildman–Crippen LogP) is -1.44. The number of likely N-dealkylation sites (N-methyl/N-ethyl adjacent to an activating group) is 1. The first-order valence-corrected chi connectivity index (χ1v) is 8.67. The van der Waals surface area contributed by atoms with Gasteiger partial charge in [-0.1, -0.05) is 0 Å². The molecule has 0 fully saturated rings. The Morgan fingerprint density at radius 2 is 1.22 bits per heavy atom. The molecule has 0 unspecified atom stereocenters. The summed E-state index contributed by atoms with van der Waals surface area (Å²) in [6.45, 7) is -0.595. The van der Waals surface area contributed by atoms with Crippen LogP contribution in [0.25, 0.3) is 0 Å². The van der Waals surface area contributed by atoms with Crippen molar-refractivity contribution in [1.29, 1.82) is 0 Å². The molecule has 156 valence electrons. The van der Waals surface area contributed by atoms with Crippen LogP contribution in [0.2, 0.25) is 0 Å². The number of carbonyl (C=O) groups excluding carboxylic acids is 1. The minimum atomic E-state index is -1.21. The van der Waals surface area contributed by atoms with E-state index in [9.17, 15) is 19.2 Å². The van der Waals surface area contributed by atoms with Crippen LogP contribution in [0.4, 0.5) is 0 Å². The number of carboxylic acids is 3. The standard InChI is InChI=1S/C15H26ClN3O8/c1-17(3-2-16)6-7-27-15(26)11-19(10-14(24)25)5-4-18(8-12(20)21)9-13(22)23/h2-11H2,1H3,(H,20,21)(H,22,23)(H,24,25). The van der Waals surface area contributed by atoms with Crippen molar-refractivity contribution in [2.24, 2.45) is 0 Å². The van der Waals surface area contributed by atoms with Crippen LogP contribution >= 0.6 is 11.6 Å². The van der Waals surface area contributed by atoms with Crippen LogP contribution < -0.4 is 0 Å².